The number of hydrogen-bond acceptors (Lipinski definition) is 4. The predicted octanol–water partition coefficient (Wildman–Crippen LogP) is 1.09. The van der Waals surface area contributed by atoms with E-state index in [0.29, 0.717) is 23.4 Å². The highest BCUT2D eigenvalue weighted by molar-refractivity contribution is 6.02. The van der Waals surface area contributed by atoms with Gasteiger partial charge in [-0.15, -0.1) is 0 Å². The minimum absolute atomic E-state index is 0.0741. The molecule has 78 valence electrons. The number of aliphatic imine (C=N–C) groups is 1. The number of esters is 1. The maximum absolute atomic E-state index is 11.4. The molecular formula is C11H11NO3. The number of carbonyl (C=O) groups excluding carboxylic acids is 1. The van der Waals surface area contributed by atoms with Gasteiger partial charge >= 0.3 is 5.97 Å². The summed E-state index contributed by atoms with van der Waals surface area (Å²) >= 11 is 0. The summed E-state index contributed by atoms with van der Waals surface area (Å²) in [5, 5.41) is 8.98. The van der Waals surface area contributed by atoms with E-state index in [1.165, 1.54) is 7.11 Å². The van der Waals surface area contributed by atoms with E-state index in [9.17, 15) is 4.79 Å². The molecule has 1 aliphatic rings. The van der Waals surface area contributed by atoms with Gasteiger partial charge in [0.2, 0.25) is 0 Å². The lowest BCUT2D eigenvalue weighted by molar-refractivity contribution is 0.0601. The average Bonchev–Trinajstić information content (AvgIpc) is 2.70. The second-order valence-electron chi connectivity index (χ2n) is 3.32. The Kier molecular flexibility index (Phi) is 2.51. The zero-order valence-corrected chi connectivity index (χ0v) is 8.36. The molecular weight excluding hydrogens is 194 g/mol. The first-order valence-corrected chi connectivity index (χ1v) is 4.63. The molecule has 1 aromatic carbocycles. The quantitative estimate of drug-likeness (QED) is 0.735. The number of aliphatic hydroxyl groups excluding tert-OH is 1. The van der Waals surface area contributed by atoms with Gasteiger partial charge in [-0.25, -0.2) is 4.79 Å². The maximum atomic E-state index is 11.4. The molecule has 1 N–H and O–H groups in total. The summed E-state index contributed by atoms with van der Waals surface area (Å²) in [4.78, 5) is 15.6. The molecule has 0 fully saturated rings. The number of carbonyl (C=O) groups is 1. The maximum Gasteiger partial charge on any atom is 0.340 e. The van der Waals surface area contributed by atoms with Crippen LogP contribution in [-0.4, -0.2) is 30.5 Å². The Hall–Kier alpha value is -1.68. The van der Waals surface area contributed by atoms with Gasteiger partial charge in [0.1, 0.15) is 0 Å². The normalized spacial score (nSPS) is 13.3. The van der Waals surface area contributed by atoms with E-state index in [4.69, 9.17) is 5.11 Å². The molecule has 15 heavy (non-hydrogen) atoms. The molecule has 0 unspecified atom stereocenters. The molecule has 0 saturated carbocycles. The SMILES string of the molecule is COC(=O)c1cccc2c1N=C(CO)C2. The molecule has 0 atom stereocenters. The number of benzene rings is 1. The second kappa shape index (κ2) is 3.82. The molecule has 0 spiro atoms. The van der Waals surface area contributed by atoms with E-state index in [0.717, 1.165) is 5.56 Å². The molecule has 0 aliphatic carbocycles. The van der Waals surface area contributed by atoms with Crippen LogP contribution in [0, 0.1) is 0 Å². The number of hydrogen-bond donors (Lipinski definition) is 1. The molecule has 1 aliphatic heterocycles. The fourth-order valence-electron chi connectivity index (χ4n) is 1.65. The van der Waals surface area contributed by atoms with Crippen molar-refractivity contribution in [1.82, 2.24) is 0 Å². The van der Waals surface area contributed by atoms with E-state index in [1.54, 1.807) is 12.1 Å². The Balaban J connectivity index is 2.47. The number of rotatable bonds is 2. The van der Waals surface area contributed by atoms with E-state index in [2.05, 4.69) is 9.73 Å². The van der Waals surface area contributed by atoms with Gasteiger partial charge in [-0.05, 0) is 11.6 Å². The molecule has 1 heterocycles. The van der Waals surface area contributed by atoms with Gasteiger partial charge in [0.05, 0.1) is 25.0 Å². The van der Waals surface area contributed by atoms with Gasteiger partial charge in [0.15, 0.2) is 0 Å². The zero-order chi connectivity index (χ0) is 10.8. The van der Waals surface area contributed by atoms with E-state index >= 15 is 0 Å². The number of para-hydroxylation sites is 1. The van der Waals surface area contributed by atoms with Crippen LogP contribution in [0.1, 0.15) is 15.9 Å². The number of fused-ring (bicyclic) bond motifs is 1. The highest BCUT2D eigenvalue weighted by Crippen LogP contribution is 2.30. The molecule has 0 amide bonds. The Bertz CT molecular complexity index is 437. The van der Waals surface area contributed by atoms with Crippen LogP contribution >= 0.6 is 0 Å². The van der Waals surface area contributed by atoms with E-state index in [-0.39, 0.29) is 6.61 Å². The van der Waals surface area contributed by atoms with Gasteiger partial charge in [-0.1, -0.05) is 12.1 Å². The van der Waals surface area contributed by atoms with E-state index < -0.39 is 5.97 Å². The smallest absolute Gasteiger partial charge is 0.340 e. The molecule has 0 radical (unpaired) electrons. The van der Waals surface area contributed by atoms with Crippen molar-refractivity contribution in [2.45, 2.75) is 6.42 Å². The summed E-state index contributed by atoms with van der Waals surface area (Å²) in [6.07, 6.45) is 0.608. The standard InChI is InChI=1S/C11H11NO3/c1-15-11(14)9-4-2-3-7-5-8(6-13)12-10(7)9/h2-4,13H,5-6H2,1H3. The number of aliphatic hydroxyl groups is 1. The van der Waals surface area contributed by atoms with Crippen molar-refractivity contribution in [2.75, 3.05) is 13.7 Å². The summed E-state index contributed by atoms with van der Waals surface area (Å²) in [5.74, 6) is -0.394. The number of nitrogens with zero attached hydrogens (tertiary/aromatic N) is 1. The van der Waals surface area contributed by atoms with Gasteiger partial charge < -0.3 is 9.84 Å². The zero-order valence-electron chi connectivity index (χ0n) is 8.36. The Morgan fingerprint density at radius 2 is 2.40 bits per heavy atom. The monoisotopic (exact) mass is 205 g/mol. The lowest BCUT2D eigenvalue weighted by Crippen LogP contribution is -2.02. The summed E-state index contributed by atoms with van der Waals surface area (Å²) < 4.78 is 4.66. The highest BCUT2D eigenvalue weighted by atomic mass is 16.5. The van der Waals surface area contributed by atoms with Gasteiger partial charge in [0, 0.05) is 12.1 Å². The summed E-state index contributed by atoms with van der Waals surface area (Å²) in [6, 6.07) is 5.36. The van der Waals surface area contributed by atoms with E-state index in [1.807, 2.05) is 6.07 Å². The first-order chi connectivity index (χ1) is 7.26. The molecule has 0 saturated heterocycles. The average molecular weight is 205 g/mol. The van der Waals surface area contributed by atoms with Crippen LogP contribution in [0.2, 0.25) is 0 Å². The van der Waals surface area contributed by atoms with Gasteiger partial charge in [-0.2, -0.15) is 0 Å². The minimum atomic E-state index is -0.394. The third-order valence-corrected chi connectivity index (χ3v) is 2.37. The van der Waals surface area contributed by atoms with Crippen LogP contribution in [0.5, 0.6) is 0 Å². The van der Waals surface area contributed by atoms with Crippen molar-refractivity contribution in [3.63, 3.8) is 0 Å². The molecule has 4 heteroatoms. The van der Waals surface area contributed by atoms with Crippen LogP contribution in [0.25, 0.3) is 0 Å². The summed E-state index contributed by atoms with van der Waals surface area (Å²) in [6.45, 7) is -0.0741. The molecule has 1 aromatic rings. The number of ether oxygens (including phenoxy) is 1. The topological polar surface area (TPSA) is 58.9 Å². The third kappa shape index (κ3) is 1.64. The van der Waals surface area contributed by atoms with Crippen molar-refractivity contribution in [3.8, 4) is 0 Å². The Morgan fingerprint density at radius 1 is 1.60 bits per heavy atom. The minimum Gasteiger partial charge on any atom is -0.465 e. The van der Waals surface area contributed by atoms with Crippen molar-refractivity contribution in [2.24, 2.45) is 4.99 Å². The lowest BCUT2D eigenvalue weighted by atomic mass is 10.1. The Labute approximate surface area is 87.2 Å². The van der Waals surface area contributed by atoms with Crippen molar-refractivity contribution in [1.29, 1.82) is 0 Å². The Morgan fingerprint density at radius 3 is 3.07 bits per heavy atom. The fourth-order valence-corrected chi connectivity index (χ4v) is 1.65. The molecule has 4 nitrogen and oxygen atoms in total. The lowest BCUT2D eigenvalue weighted by Gasteiger charge is -2.03. The molecule has 2 rings (SSSR count). The first kappa shape index (κ1) is 9.86. The largest absolute Gasteiger partial charge is 0.465 e. The van der Waals surface area contributed by atoms with Crippen LogP contribution in [0.3, 0.4) is 0 Å². The second-order valence-corrected chi connectivity index (χ2v) is 3.32. The van der Waals surface area contributed by atoms with Crippen LogP contribution in [0.4, 0.5) is 5.69 Å². The van der Waals surface area contributed by atoms with Gasteiger partial charge in [-0.3, -0.25) is 4.99 Å². The van der Waals surface area contributed by atoms with Crippen molar-refractivity contribution >= 4 is 17.4 Å². The van der Waals surface area contributed by atoms with Crippen molar-refractivity contribution < 1.29 is 14.6 Å². The van der Waals surface area contributed by atoms with Crippen LogP contribution < -0.4 is 0 Å². The number of methoxy groups -OCH3 is 1. The van der Waals surface area contributed by atoms with Crippen molar-refractivity contribution in [3.05, 3.63) is 29.3 Å². The van der Waals surface area contributed by atoms with Crippen LogP contribution in [-0.2, 0) is 11.2 Å². The summed E-state index contributed by atoms with van der Waals surface area (Å²) in [7, 11) is 1.34. The molecule has 0 bridgehead atoms. The van der Waals surface area contributed by atoms with Crippen LogP contribution in [0.15, 0.2) is 23.2 Å². The predicted molar refractivity (Wildman–Crippen MR) is 55.7 cm³/mol. The van der Waals surface area contributed by atoms with Gasteiger partial charge in [0.25, 0.3) is 0 Å². The highest BCUT2D eigenvalue weighted by Gasteiger charge is 2.20. The molecule has 0 aromatic heterocycles. The third-order valence-electron chi connectivity index (χ3n) is 2.37. The summed E-state index contributed by atoms with van der Waals surface area (Å²) in [5.41, 5.74) is 2.73. The fraction of sp³-hybridized carbons (Fsp3) is 0.273. The first-order valence-electron chi connectivity index (χ1n) is 4.63.